The topological polar surface area (TPSA) is 24.5 Å². The molecule has 3 rings (SSSR count). The molecule has 0 radical (unpaired) electrons. The molecule has 3 nitrogen and oxygen atoms in total. The van der Waals surface area contributed by atoms with Gasteiger partial charge in [0.05, 0.1) is 5.54 Å². The van der Waals surface area contributed by atoms with Gasteiger partial charge in [0, 0.05) is 12.2 Å². The second-order valence-corrected chi connectivity index (χ2v) is 6.32. The van der Waals surface area contributed by atoms with Gasteiger partial charge < -0.3 is 10.1 Å². The Morgan fingerprint density at radius 1 is 1.35 bits per heavy atom. The van der Waals surface area contributed by atoms with Crippen LogP contribution in [-0.2, 0) is 6.42 Å². The van der Waals surface area contributed by atoms with E-state index in [1.54, 1.807) is 0 Å². The molecule has 3 heteroatoms. The van der Waals surface area contributed by atoms with Crippen LogP contribution in [0.25, 0.3) is 0 Å². The van der Waals surface area contributed by atoms with Crippen molar-refractivity contribution in [2.45, 2.75) is 45.1 Å². The molecule has 0 aliphatic carbocycles. The summed E-state index contributed by atoms with van der Waals surface area (Å²) >= 11 is 0. The van der Waals surface area contributed by atoms with Crippen molar-refractivity contribution in [1.82, 2.24) is 4.90 Å². The standard InChI is InChI=1S/C17H26N2O/c1-3-19-11-5-9-17(19,2)13-20-15-7-8-16-14(12-15)6-4-10-18-16/h7-8,12,18H,3-6,9-11,13H2,1-2H3. The molecule has 0 saturated carbocycles. The van der Waals surface area contributed by atoms with Crippen LogP contribution in [0.3, 0.4) is 0 Å². The number of likely N-dealkylation sites (N-methyl/N-ethyl adjacent to an activating group) is 1. The van der Waals surface area contributed by atoms with Gasteiger partial charge in [0.1, 0.15) is 12.4 Å². The Hall–Kier alpha value is -1.22. The van der Waals surface area contributed by atoms with Gasteiger partial charge in [-0.3, -0.25) is 4.90 Å². The number of hydrogen-bond acceptors (Lipinski definition) is 3. The summed E-state index contributed by atoms with van der Waals surface area (Å²) in [7, 11) is 0. The zero-order chi connectivity index (χ0) is 14.0. The Balaban J connectivity index is 1.66. The maximum Gasteiger partial charge on any atom is 0.119 e. The van der Waals surface area contributed by atoms with Crippen LogP contribution >= 0.6 is 0 Å². The fourth-order valence-electron chi connectivity index (χ4n) is 3.56. The molecule has 1 N–H and O–H groups in total. The highest BCUT2D eigenvalue weighted by atomic mass is 16.5. The van der Waals surface area contributed by atoms with Crippen molar-refractivity contribution in [3.63, 3.8) is 0 Å². The SMILES string of the molecule is CCN1CCCC1(C)COc1ccc2c(c1)CCCN2. The van der Waals surface area contributed by atoms with Crippen LogP contribution in [0.5, 0.6) is 5.75 Å². The van der Waals surface area contributed by atoms with Crippen molar-refractivity contribution in [1.29, 1.82) is 0 Å². The average molecular weight is 274 g/mol. The van der Waals surface area contributed by atoms with E-state index < -0.39 is 0 Å². The summed E-state index contributed by atoms with van der Waals surface area (Å²) in [6.07, 6.45) is 4.92. The van der Waals surface area contributed by atoms with Gasteiger partial charge in [-0.05, 0) is 69.5 Å². The summed E-state index contributed by atoms with van der Waals surface area (Å²) in [6, 6.07) is 6.49. The van der Waals surface area contributed by atoms with E-state index in [1.807, 2.05) is 0 Å². The molecule has 20 heavy (non-hydrogen) atoms. The molecule has 0 spiro atoms. The minimum atomic E-state index is 0.211. The lowest BCUT2D eigenvalue weighted by atomic mass is 10.00. The summed E-state index contributed by atoms with van der Waals surface area (Å²) in [6.45, 7) is 8.81. The first-order valence-electron chi connectivity index (χ1n) is 7.96. The lowest BCUT2D eigenvalue weighted by molar-refractivity contribution is 0.0958. The van der Waals surface area contributed by atoms with E-state index in [1.165, 1.54) is 37.1 Å². The Morgan fingerprint density at radius 3 is 3.10 bits per heavy atom. The van der Waals surface area contributed by atoms with Gasteiger partial charge in [0.25, 0.3) is 0 Å². The van der Waals surface area contributed by atoms with Crippen LogP contribution < -0.4 is 10.1 Å². The van der Waals surface area contributed by atoms with Crippen molar-refractivity contribution >= 4 is 5.69 Å². The average Bonchev–Trinajstić information content (AvgIpc) is 2.86. The third-order valence-corrected chi connectivity index (χ3v) is 4.85. The van der Waals surface area contributed by atoms with Crippen LogP contribution in [0.2, 0.25) is 0 Å². The molecule has 2 aliphatic heterocycles. The molecule has 2 aliphatic rings. The minimum absolute atomic E-state index is 0.211. The third-order valence-electron chi connectivity index (χ3n) is 4.85. The van der Waals surface area contributed by atoms with Gasteiger partial charge >= 0.3 is 0 Å². The summed E-state index contributed by atoms with van der Waals surface area (Å²) in [5, 5.41) is 3.45. The van der Waals surface area contributed by atoms with Gasteiger partial charge in [-0.15, -0.1) is 0 Å². The fraction of sp³-hybridized carbons (Fsp3) is 0.647. The number of anilines is 1. The van der Waals surface area contributed by atoms with Crippen molar-refractivity contribution in [2.75, 3.05) is 31.6 Å². The predicted octanol–water partition coefficient (Wildman–Crippen LogP) is 3.30. The van der Waals surface area contributed by atoms with Crippen LogP contribution in [0.15, 0.2) is 18.2 Å². The third kappa shape index (κ3) is 2.64. The molecule has 0 amide bonds. The van der Waals surface area contributed by atoms with Gasteiger partial charge in [0.2, 0.25) is 0 Å². The number of benzene rings is 1. The maximum atomic E-state index is 6.12. The molecule has 1 aromatic carbocycles. The van der Waals surface area contributed by atoms with Crippen molar-refractivity contribution < 1.29 is 4.74 Å². The van der Waals surface area contributed by atoms with E-state index in [2.05, 4.69) is 42.3 Å². The monoisotopic (exact) mass is 274 g/mol. The fourth-order valence-corrected chi connectivity index (χ4v) is 3.56. The molecule has 110 valence electrons. The van der Waals surface area contributed by atoms with Crippen LogP contribution in [-0.4, -0.2) is 36.7 Å². The molecule has 1 saturated heterocycles. The van der Waals surface area contributed by atoms with Crippen molar-refractivity contribution in [2.24, 2.45) is 0 Å². The number of likely N-dealkylation sites (tertiary alicyclic amines) is 1. The summed E-state index contributed by atoms with van der Waals surface area (Å²) < 4.78 is 6.12. The number of fused-ring (bicyclic) bond motifs is 1. The molecule has 2 heterocycles. The van der Waals surface area contributed by atoms with E-state index >= 15 is 0 Å². The molecule has 0 aromatic heterocycles. The second kappa shape index (κ2) is 5.65. The number of aryl methyl sites for hydroxylation is 1. The second-order valence-electron chi connectivity index (χ2n) is 6.32. The quantitative estimate of drug-likeness (QED) is 0.911. The molecule has 1 unspecified atom stereocenters. The number of nitrogens with one attached hydrogen (secondary N) is 1. The van der Waals surface area contributed by atoms with E-state index in [0.717, 1.165) is 31.9 Å². The number of rotatable bonds is 4. The molecule has 1 atom stereocenters. The number of ether oxygens (including phenoxy) is 1. The number of hydrogen-bond donors (Lipinski definition) is 1. The van der Waals surface area contributed by atoms with Crippen LogP contribution in [0.4, 0.5) is 5.69 Å². The van der Waals surface area contributed by atoms with Gasteiger partial charge in [-0.25, -0.2) is 0 Å². The molecular formula is C17H26N2O. The smallest absolute Gasteiger partial charge is 0.119 e. The van der Waals surface area contributed by atoms with Gasteiger partial charge in [0.15, 0.2) is 0 Å². The summed E-state index contributed by atoms with van der Waals surface area (Å²) in [5.41, 5.74) is 2.90. The molecular weight excluding hydrogens is 248 g/mol. The minimum Gasteiger partial charge on any atom is -0.492 e. The summed E-state index contributed by atoms with van der Waals surface area (Å²) in [5.74, 6) is 1.02. The van der Waals surface area contributed by atoms with E-state index in [-0.39, 0.29) is 5.54 Å². The Morgan fingerprint density at radius 2 is 2.25 bits per heavy atom. The maximum absolute atomic E-state index is 6.12. The normalized spacial score (nSPS) is 26.1. The first-order chi connectivity index (χ1) is 9.71. The lowest BCUT2D eigenvalue weighted by Gasteiger charge is -2.34. The highest BCUT2D eigenvalue weighted by molar-refractivity contribution is 5.55. The lowest BCUT2D eigenvalue weighted by Crippen LogP contribution is -2.45. The largest absolute Gasteiger partial charge is 0.492 e. The first-order valence-corrected chi connectivity index (χ1v) is 7.96. The highest BCUT2D eigenvalue weighted by Crippen LogP contribution is 2.31. The van der Waals surface area contributed by atoms with E-state index in [0.29, 0.717) is 0 Å². The highest BCUT2D eigenvalue weighted by Gasteiger charge is 2.36. The van der Waals surface area contributed by atoms with E-state index in [4.69, 9.17) is 4.74 Å². The van der Waals surface area contributed by atoms with Gasteiger partial charge in [-0.1, -0.05) is 6.92 Å². The summed E-state index contributed by atoms with van der Waals surface area (Å²) in [4.78, 5) is 2.55. The van der Waals surface area contributed by atoms with Gasteiger partial charge in [-0.2, -0.15) is 0 Å². The molecule has 0 bridgehead atoms. The van der Waals surface area contributed by atoms with Crippen LogP contribution in [0, 0.1) is 0 Å². The first kappa shape index (κ1) is 13.7. The Kier molecular flexibility index (Phi) is 3.88. The molecule has 1 fully saturated rings. The van der Waals surface area contributed by atoms with Crippen molar-refractivity contribution in [3.8, 4) is 5.75 Å². The number of nitrogens with zero attached hydrogens (tertiary/aromatic N) is 1. The Bertz CT molecular complexity index is 474. The van der Waals surface area contributed by atoms with Crippen LogP contribution in [0.1, 0.15) is 38.7 Å². The predicted molar refractivity (Wildman–Crippen MR) is 83.6 cm³/mol. The zero-order valence-corrected chi connectivity index (χ0v) is 12.7. The van der Waals surface area contributed by atoms with Crippen molar-refractivity contribution in [3.05, 3.63) is 23.8 Å². The Labute approximate surface area is 122 Å². The zero-order valence-electron chi connectivity index (χ0n) is 12.7. The van der Waals surface area contributed by atoms with E-state index in [9.17, 15) is 0 Å². The molecule has 1 aromatic rings.